The van der Waals surface area contributed by atoms with E-state index in [-0.39, 0.29) is 17.0 Å². The van der Waals surface area contributed by atoms with E-state index in [1.807, 2.05) is 0 Å². The molecule has 0 nitrogen and oxygen atoms in total. The monoisotopic (exact) mass is 562 g/mol. The molecule has 0 spiro atoms. The molecule has 0 atom stereocenters. The molecule has 0 rings (SSSR count). The summed E-state index contributed by atoms with van der Waals surface area (Å²) in [6.07, 6.45) is 41.8. The van der Waals surface area contributed by atoms with Gasteiger partial charge in [-0.2, -0.15) is 0 Å². The highest BCUT2D eigenvalue weighted by molar-refractivity contribution is 7.75. The molecule has 0 saturated heterocycles. The van der Waals surface area contributed by atoms with Crippen LogP contribution in [0.3, 0.4) is 0 Å². The van der Waals surface area contributed by atoms with E-state index in [1.54, 1.807) is 12.3 Å². The van der Waals surface area contributed by atoms with Crippen molar-refractivity contribution in [3.8, 4) is 0 Å². The first-order chi connectivity index (χ1) is 16.2. The zero-order valence-electron chi connectivity index (χ0n) is 24.6. The predicted octanol–water partition coefficient (Wildman–Crippen LogP) is 9.45. The molecule has 0 aliphatic heterocycles. The van der Waals surface area contributed by atoms with Gasteiger partial charge in [0.1, 0.15) is 0 Å². The molecule has 0 bridgehead atoms. The van der Waals surface area contributed by atoms with Crippen LogP contribution < -0.4 is 17.0 Å². The van der Waals surface area contributed by atoms with E-state index < -0.39 is 7.26 Å². The summed E-state index contributed by atoms with van der Waals surface area (Å²) in [4.78, 5) is 0. The molecule has 0 aliphatic carbocycles. The Morgan fingerprint density at radius 2 is 0.500 bits per heavy atom. The van der Waals surface area contributed by atoms with Gasteiger partial charge in [-0.1, -0.05) is 142 Å². The third kappa shape index (κ3) is 24.6. The van der Waals surface area contributed by atoms with Crippen molar-refractivity contribution in [2.24, 2.45) is 0 Å². The minimum absolute atomic E-state index is 0. The van der Waals surface area contributed by atoms with Crippen LogP contribution in [0.15, 0.2) is 0 Å². The molecule has 0 aromatic rings. The Morgan fingerprint density at radius 3 is 0.706 bits per heavy atom. The molecule has 34 heavy (non-hydrogen) atoms. The summed E-state index contributed by atoms with van der Waals surface area (Å²) < 4.78 is 0. The Kier molecular flexibility index (Phi) is 32.9. The van der Waals surface area contributed by atoms with Crippen LogP contribution in [0.1, 0.15) is 182 Å². The number of hydrogen-bond acceptors (Lipinski definition) is 0. The summed E-state index contributed by atoms with van der Waals surface area (Å²) in [5.41, 5.74) is 0. The van der Waals surface area contributed by atoms with E-state index in [0.717, 1.165) is 0 Å². The van der Waals surface area contributed by atoms with Crippen LogP contribution in [0.4, 0.5) is 0 Å². The Hall–Kier alpha value is 0.910. The minimum Gasteiger partial charge on any atom is -1.00 e. The van der Waals surface area contributed by atoms with E-state index in [1.165, 1.54) is 166 Å². The lowest BCUT2D eigenvalue weighted by Gasteiger charge is -2.25. The van der Waals surface area contributed by atoms with Crippen molar-refractivity contribution >= 4 is 7.26 Å². The minimum atomic E-state index is -0.618. The summed E-state index contributed by atoms with van der Waals surface area (Å²) in [7, 11) is -0.618. The first-order valence-electron chi connectivity index (χ1n) is 16.1. The van der Waals surface area contributed by atoms with Gasteiger partial charge in [-0.05, 0) is 39.5 Å². The van der Waals surface area contributed by atoms with Crippen LogP contribution >= 0.6 is 7.26 Å². The van der Waals surface area contributed by atoms with E-state index in [0.29, 0.717) is 0 Å². The van der Waals surface area contributed by atoms with Crippen LogP contribution in [0.5, 0.6) is 0 Å². The highest BCUT2D eigenvalue weighted by atomic mass is 79.9. The predicted molar refractivity (Wildman–Crippen MR) is 160 cm³/mol. The van der Waals surface area contributed by atoms with Crippen LogP contribution in [-0.2, 0) is 0 Å². The quantitative estimate of drug-likeness (QED) is 0.0657. The summed E-state index contributed by atoms with van der Waals surface area (Å²) in [6.45, 7) is 9.65. The molecule has 0 aromatic heterocycles. The van der Waals surface area contributed by atoms with Gasteiger partial charge >= 0.3 is 0 Å². The average molecular weight is 564 g/mol. The molecular weight excluding hydrogens is 495 g/mol. The van der Waals surface area contributed by atoms with Crippen molar-refractivity contribution in [1.82, 2.24) is 0 Å². The van der Waals surface area contributed by atoms with Gasteiger partial charge in [-0.25, -0.2) is 0 Å². The van der Waals surface area contributed by atoms with Gasteiger partial charge in [0.05, 0.1) is 24.6 Å². The molecule has 208 valence electrons. The molecule has 0 fully saturated rings. The first kappa shape index (κ1) is 37.1. The average Bonchev–Trinajstić information content (AvgIpc) is 2.84. The molecule has 2 heteroatoms. The van der Waals surface area contributed by atoms with Crippen molar-refractivity contribution in [2.75, 3.05) is 24.6 Å². The first-order valence-corrected chi connectivity index (χ1v) is 18.6. The van der Waals surface area contributed by atoms with Gasteiger partial charge in [0.25, 0.3) is 0 Å². The third-order valence-corrected chi connectivity index (χ3v) is 13.5. The zero-order valence-corrected chi connectivity index (χ0v) is 27.1. The smallest absolute Gasteiger partial charge is 0.0594 e. The molecule has 0 amide bonds. The normalized spacial score (nSPS) is 11.6. The Balaban J connectivity index is 0. The van der Waals surface area contributed by atoms with Gasteiger partial charge in [0, 0.05) is 7.26 Å². The van der Waals surface area contributed by atoms with E-state index in [9.17, 15) is 0 Å². The molecule has 0 N–H and O–H groups in total. The van der Waals surface area contributed by atoms with Gasteiger partial charge in [0.15, 0.2) is 0 Å². The largest absolute Gasteiger partial charge is 1.00 e. The Morgan fingerprint density at radius 1 is 0.294 bits per heavy atom. The van der Waals surface area contributed by atoms with Crippen LogP contribution in [0.25, 0.3) is 0 Å². The fraction of sp³-hybridized carbons (Fsp3) is 1.00. The fourth-order valence-electron chi connectivity index (χ4n) is 5.54. The lowest BCUT2D eigenvalue weighted by molar-refractivity contribution is -0.00000752. The van der Waals surface area contributed by atoms with Crippen LogP contribution in [0, 0.1) is 0 Å². The van der Waals surface area contributed by atoms with Gasteiger partial charge < -0.3 is 17.0 Å². The lowest BCUT2D eigenvalue weighted by atomic mass is 10.1. The highest BCUT2D eigenvalue weighted by Gasteiger charge is 2.31. The Labute approximate surface area is 230 Å². The second-order valence-electron chi connectivity index (χ2n) is 11.2. The van der Waals surface area contributed by atoms with E-state index >= 15 is 0 Å². The third-order valence-electron chi connectivity index (χ3n) is 8.31. The summed E-state index contributed by atoms with van der Waals surface area (Å²) in [6, 6.07) is 0. The van der Waals surface area contributed by atoms with Gasteiger partial charge in [-0.3, -0.25) is 0 Å². The maximum atomic E-state index is 2.51. The number of rotatable bonds is 28. The Bertz CT molecular complexity index is 323. The summed E-state index contributed by atoms with van der Waals surface area (Å²) >= 11 is 0. The van der Waals surface area contributed by atoms with E-state index in [4.69, 9.17) is 0 Å². The molecule has 0 aliphatic rings. The SMILES string of the molecule is CCCCCCCCCCCCCC[P+](CC)(CC)CCCCCCCCCCCCCC.[Br-]. The lowest BCUT2D eigenvalue weighted by Crippen LogP contribution is -3.00. The number of hydrogen-bond donors (Lipinski definition) is 0. The topological polar surface area (TPSA) is 0 Å². The van der Waals surface area contributed by atoms with Gasteiger partial charge in [0.2, 0.25) is 0 Å². The van der Waals surface area contributed by atoms with Crippen molar-refractivity contribution in [3.05, 3.63) is 0 Å². The van der Waals surface area contributed by atoms with Gasteiger partial charge in [-0.15, -0.1) is 0 Å². The summed E-state index contributed by atoms with van der Waals surface area (Å²) in [5.74, 6) is 0. The standard InChI is InChI=1S/C32H68P.BrH/c1-5-9-11-13-15-17-19-21-23-25-27-29-31-33(7-3,8-4)32-30-28-26-24-22-20-18-16-14-12-10-6-2;/h5-32H2,1-4H3;1H/q+1;/p-1. The molecular formula is C32H68BrP. The van der Waals surface area contributed by atoms with Crippen molar-refractivity contribution in [1.29, 1.82) is 0 Å². The molecule has 0 unspecified atom stereocenters. The fourth-order valence-corrected chi connectivity index (χ4v) is 9.27. The number of unbranched alkanes of at least 4 members (excludes halogenated alkanes) is 22. The van der Waals surface area contributed by atoms with Crippen LogP contribution in [-0.4, -0.2) is 24.6 Å². The van der Waals surface area contributed by atoms with E-state index in [2.05, 4.69) is 27.7 Å². The van der Waals surface area contributed by atoms with Crippen LogP contribution in [0.2, 0.25) is 0 Å². The second-order valence-corrected chi connectivity index (χ2v) is 16.0. The summed E-state index contributed by atoms with van der Waals surface area (Å²) in [5, 5.41) is 0. The molecule has 0 aromatic carbocycles. The van der Waals surface area contributed by atoms with Crippen molar-refractivity contribution < 1.29 is 17.0 Å². The molecule has 0 heterocycles. The van der Waals surface area contributed by atoms with Crippen molar-refractivity contribution in [3.63, 3.8) is 0 Å². The maximum absolute atomic E-state index is 2.51. The number of halogens is 1. The highest BCUT2D eigenvalue weighted by Crippen LogP contribution is 2.59. The maximum Gasteiger partial charge on any atom is 0.0594 e. The second kappa shape index (κ2) is 30.1. The van der Waals surface area contributed by atoms with Crippen molar-refractivity contribution in [2.45, 2.75) is 182 Å². The molecule has 0 radical (unpaired) electrons. The zero-order chi connectivity index (χ0) is 24.3. The molecule has 0 saturated carbocycles.